The van der Waals surface area contributed by atoms with Crippen molar-refractivity contribution in [1.82, 2.24) is 9.80 Å². The van der Waals surface area contributed by atoms with Crippen LogP contribution in [0.3, 0.4) is 0 Å². The Morgan fingerprint density at radius 1 is 1.50 bits per heavy atom. The summed E-state index contributed by atoms with van der Waals surface area (Å²) in [5, 5.41) is 0. The number of hydrogen-bond donors (Lipinski definition) is 1. The lowest BCUT2D eigenvalue weighted by Gasteiger charge is -2.45. The van der Waals surface area contributed by atoms with E-state index < -0.39 is 0 Å². The quantitative estimate of drug-likeness (QED) is 0.629. The van der Waals surface area contributed by atoms with Crippen LogP contribution in [0.1, 0.15) is 26.7 Å². The molecule has 0 aromatic carbocycles. The lowest BCUT2D eigenvalue weighted by Crippen LogP contribution is -2.58. The number of carbonyl (C=O) groups excluding carboxylic acids is 1. The van der Waals surface area contributed by atoms with Gasteiger partial charge in [-0.25, -0.2) is 4.79 Å². The summed E-state index contributed by atoms with van der Waals surface area (Å²) in [5.74, 6) is 0. The summed E-state index contributed by atoms with van der Waals surface area (Å²) >= 11 is 0. The van der Waals surface area contributed by atoms with Crippen LogP contribution in [0.25, 0.3) is 0 Å². The van der Waals surface area contributed by atoms with Crippen molar-refractivity contribution in [3.05, 3.63) is 0 Å². The average molecular weight is 199 g/mol. The van der Waals surface area contributed by atoms with Gasteiger partial charge in [-0.1, -0.05) is 0 Å². The third-order valence-electron chi connectivity index (χ3n) is 2.83. The Labute approximate surface area is 86.0 Å². The predicted octanol–water partition coefficient (Wildman–Crippen LogP) is 0.870. The number of piperidine rings is 1. The van der Waals surface area contributed by atoms with Crippen molar-refractivity contribution in [2.24, 2.45) is 5.73 Å². The minimum atomic E-state index is -0.112. The molecule has 1 aliphatic rings. The van der Waals surface area contributed by atoms with Crippen LogP contribution in [0.4, 0.5) is 4.79 Å². The summed E-state index contributed by atoms with van der Waals surface area (Å²) in [5.41, 5.74) is 5.79. The topological polar surface area (TPSA) is 49.6 Å². The first kappa shape index (κ1) is 11.3. The number of carbonyl (C=O) groups is 1. The van der Waals surface area contributed by atoms with Gasteiger partial charge in [-0.05, 0) is 26.7 Å². The molecular formula is C10H21N3O. The Balaban J connectivity index is 2.74. The lowest BCUT2D eigenvalue weighted by atomic mass is 9.88. The molecule has 1 saturated heterocycles. The summed E-state index contributed by atoms with van der Waals surface area (Å²) in [6, 6.07) is 0.318. The Bertz CT molecular complexity index is 225. The van der Waals surface area contributed by atoms with E-state index in [0.29, 0.717) is 0 Å². The summed E-state index contributed by atoms with van der Waals surface area (Å²) in [7, 11) is 3.57. The van der Waals surface area contributed by atoms with Crippen LogP contribution in [0.15, 0.2) is 0 Å². The molecular weight excluding hydrogens is 178 g/mol. The smallest absolute Gasteiger partial charge is 0.319 e. The zero-order chi connectivity index (χ0) is 10.9. The number of nitrogens with two attached hydrogens (primary N) is 1. The summed E-state index contributed by atoms with van der Waals surface area (Å²) in [4.78, 5) is 15.4. The van der Waals surface area contributed by atoms with Crippen LogP contribution in [0.2, 0.25) is 0 Å². The largest absolute Gasteiger partial charge is 0.331 e. The molecule has 1 atom stereocenters. The molecule has 0 radical (unpaired) electrons. The maximum atomic E-state index is 11.8. The van der Waals surface area contributed by atoms with Gasteiger partial charge in [0.05, 0.1) is 0 Å². The van der Waals surface area contributed by atoms with E-state index in [-0.39, 0.29) is 17.6 Å². The van der Waals surface area contributed by atoms with Crippen LogP contribution in [0, 0.1) is 0 Å². The number of amides is 2. The van der Waals surface area contributed by atoms with Gasteiger partial charge in [-0.3, -0.25) is 0 Å². The Morgan fingerprint density at radius 3 is 2.50 bits per heavy atom. The highest BCUT2D eigenvalue weighted by atomic mass is 16.2. The summed E-state index contributed by atoms with van der Waals surface area (Å²) in [6.07, 6.45) is 1.79. The van der Waals surface area contributed by atoms with E-state index in [4.69, 9.17) is 5.73 Å². The van der Waals surface area contributed by atoms with Gasteiger partial charge < -0.3 is 15.5 Å². The zero-order valence-electron chi connectivity index (χ0n) is 9.58. The highest BCUT2D eigenvalue weighted by molar-refractivity contribution is 5.74. The molecule has 1 fully saturated rings. The molecule has 1 unspecified atom stereocenters. The fourth-order valence-corrected chi connectivity index (χ4v) is 2.05. The van der Waals surface area contributed by atoms with Crippen LogP contribution >= 0.6 is 0 Å². The van der Waals surface area contributed by atoms with E-state index in [2.05, 4.69) is 13.8 Å². The van der Waals surface area contributed by atoms with E-state index in [9.17, 15) is 4.79 Å². The van der Waals surface area contributed by atoms with Crippen molar-refractivity contribution in [1.29, 1.82) is 0 Å². The monoisotopic (exact) mass is 199 g/mol. The maximum Gasteiger partial charge on any atom is 0.319 e. The van der Waals surface area contributed by atoms with E-state index in [0.717, 1.165) is 19.4 Å². The SMILES string of the molecule is CN(C)C(=O)N1CCC(N)CC1(C)C. The lowest BCUT2D eigenvalue weighted by molar-refractivity contribution is 0.0781. The van der Waals surface area contributed by atoms with Crippen molar-refractivity contribution in [2.75, 3.05) is 20.6 Å². The Kier molecular flexibility index (Phi) is 3.04. The van der Waals surface area contributed by atoms with Gasteiger partial charge >= 0.3 is 6.03 Å². The molecule has 2 N–H and O–H groups in total. The molecule has 1 heterocycles. The van der Waals surface area contributed by atoms with Gasteiger partial charge in [0.15, 0.2) is 0 Å². The number of urea groups is 1. The molecule has 0 aromatic heterocycles. The van der Waals surface area contributed by atoms with Gasteiger partial charge in [-0.15, -0.1) is 0 Å². The number of rotatable bonds is 0. The van der Waals surface area contributed by atoms with E-state index in [1.54, 1.807) is 19.0 Å². The van der Waals surface area contributed by atoms with Gasteiger partial charge in [0.1, 0.15) is 0 Å². The van der Waals surface area contributed by atoms with Crippen molar-refractivity contribution in [3.63, 3.8) is 0 Å². The maximum absolute atomic E-state index is 11.8. The number of hydrogen-bond acceptors (Lipinski definition) is 2. The fraction of sp³-hybridized carbons (Fsp3) is 0.900. The van der Waals surface area contributed by atoms with Crippen molar-refractivity contribution in [2.45, 2.75) is 38.3 Å². The second kappa shape index (κ2) is 3.77. The van der Waals surface area contributed by atoms with Crippen LogP contribution in [0.5, 0.6) is 0 Å². The molecule has 4 nitrogen and oxygen atoms in total. The molecule has 1 rings (SSSR count). The number of likely N-dealkylation sites (tertiary alicyclic amines) is 1. The third-order valence-corrected chi connectivity index (χ3v) is 2.83. The first-order chi connectivity index (χ1) is 6.34. The molecule has 0 aliphatic carbocycles. The second-order valence-corrected chi connectivity index (χ2v) is 4.89. The minimum Gasteiger partial charge on any atom is -0.331 e. The number of nitrogens with zero attached hydrogens (tertiary/aromatic N) is 2. The van der Waals surface area contributed by atoms with E-state index >= 15 is 0 Å². The minimum absolute atomic E-state index is 0.0851. The standard InChI is InChI=1S/C10H21N3O/c1-10(2)7-8(11)5-6-13(10)9(14)12(3)4/h8H,5-7,11H2,1-4H3. The third kappa shape index (κ3) is 2.18. The molecule has 0 bridgehead atoms. The predicted molar refractivity (Wildman–Crippen MR) is 57.1 cm³/mol. The van der Waals surface area contributed by atoms with Crippen molar-refractivity contribution >= 4 is 6.03 Å². The molecule has 0 spiro atoms. The molecule has 4 heteroatoms. The van der Waals surface area contributed by atoms with Crippen LogP contribution < -0.4 is 5.73 Å². The first-order valence-corrected chi connectivity index (χ1v) is 5.09. The van der Waals surface area contributed by atoms with Crippen molar-refractivity contribution < 1.29 is 4.79 Å². The van der Waals surface area contributed by atoms with Gasteiger partial charge in [-0.2, -0.15) is 0 Å². The second-order valence-electron chi connectivity index (χ2n) is 4.89. The molecule has 82 valence electrons. The van der Waals surface area contributed by atoms with Crippen molar-refractivity contribution in [3.8, 4) is 0 Å². The van der Waals surface area contributed by atoms with Gasteiger partial charge in [0.25, 0.3) is 0 Å². The van der Waals surface area contributed by atoms with Gasteiger partial charge in [0, 0.05) is 32.2 Å². The first-order valence-electron chi connectivity index (χ1n) is 5.09. The van der Waals surface area contributed by atoms with E-state index in [1.165, 1.54) is 0 Å². The van der Waals surface area contributed by atoms with Gasteiger partial charge in [0.2, 0.25) is 0 Å². The highest BCUT2D eigenvalue weighted by Gasteiger charge is 2.36. The molecule has 1 aliphatic heterocycles. The normalized spacial score (nSPS) is 26.1. The molecule has 0 saturated carbocycles. The molecule has 0 aromatic rings. The fourth-order valence-electron chi connectivity index (χ4n) is 2.05. The summed E-state index contributed by atoms with van der Waals surface area (Å²) in [6.45, 7) is 4.92. The Hall–Kier alpha value is -0.770. The van der Waals surface area contributed by atoms with E-state index in [1.807, 2.05) is 4.90 Å². The van der Waals surface area contributed by atoms with Crippen LogP contribution in [-0.2, 0) is 0 Å². The summed E-state index contributed by atoms with van der Waals surface area (Å²) < 4.78 is 0. The average Bonchev–Trinajstić information content (AvgIpc) is 2.01. The zero-order valence-corrected chi connectivity index (χ0v) is 9.58. The highest BCUT2D eigenvalue weighted by Crippen LogP contribution is 2.27. The molecule has 2 amide bonds. The van der Waals surface area contributed by atoms with Crippen LogP contribution in [-0.4, -0.2) is 48.1 Å². The molecule has 14 heavy (non-hydrogen) atoms. The Morgan fingerprint density at radius 2 is 2.07 bits per heavy atom.